The summed E-state index contributed by atoms with van der Waals surface area (Å²) in [6, 6.07) is 1.78. The van der Waals surface area contributed by atoms with Gasteiger partial charge in [-0.15, -0.1) is 0 Å². The van der Waals surface area contributed by atoms with Crippen molar-refractivity contribution in [1.82, 2.24) is 5.32 Å². The standard InChI is InChI=1S/C9H14N2O3/c1-9(2,6-8(13)14)5-7(12)11-4-3-10/h4-6H2,1-2H3,(H,11,12)(H,13,14). The second-order valence-electron chi connectivity index (χ2n) is 3.85. The summed E-state index contributed by atoms with van der Waals surface area (Å²) in [4.78, 5) is 21.6. The highest BCUT2D eigenvalue weighted by Gasteiger charge is 2.24. The second kappa shape index (κ2) is 5.22. The Bertz CT molecular complexity index is 266. The van der Waals surface area contributed by atoms with Crippen molar-refractivity contribution in [3.63, 3.8) is 0 Å². The molecule has 0 rings (SSSR count). The van der Waals surface area contributed by atoms with E-state index in [-0.39, 0.29) is 25.3 Å². The summed E-state index contributed by atoms with van der Waals surface area (Å²) in [6.45, 7) is 3.36. The van der Waals surface area contributed by atoms with Gasteiger partial charge in [0.05, 0.1) is 12.5 Å². The third-order valence-electron chi connectivity index (χ3n) is 1.63. The average Bonchev–Trinajstić information content (AvgIpc) is 1.96. The number of amides is 1. The van der Waals surface area contributed by atoms with Crippen molar-refractivity contribution in [3.8, 4) is 6.07 Å². The van der Waals surface area contributed by atoms with E-state index in [1.807, 2.05) is 0 Å². The fourth-order valence-electron chi connectivity index (χ4n) is 1.11. The minimum absolute atomic E-state index is 0.0397. The van der Waals surface area contributed by atoms with Gasteiger partial charge in [0.25, 0.3) is 0 Å². The summed E-state index contributed by atoms with van der Waals surface area (Å²) in [5, 5.41) is 19.1. The maximum Gasteiger partial charge on any atom is 0.303 e. The first-order chi connectivity index (χ1) is 6.37. The van der Waals surface area contributed by atoms with Gasteiger partial charge < -0.3 is 10.4 Å². The Labute approximate surface area is 82.7 Å². The van der Waals surface area contributed by atoms with Crippen molar-refractivity contribution in [3.05, 3.63) is 0 Å². The van der Waals surface area contributed by atoms with Gasteiger partial charge in [-0.1, -0.05) is 13.8 Å². The smallest absolute Gasteiger partial charge is 0.303 e. The van der Waals surface area contributed by atoms with Gasteiger partial charge in [0, 0.05) is 6.42 Å². The van der Waals surface area contributed by atoms with E-state index in [4.69, 9.17) is 10.4 Å². The molecule has 0 bridgehead atoms. The predicted octanol–water partition coefficient (Wildman–Crippen LogP) is 0.517. The van der Waals surface area contributed by atoms with Crippen LogP contribution in [-0.2, 0) is 9.59 Å². The van der Waals surface area contributed by atoms with Crippen molar-refractivity contribution in [2.24, 2.45) is 5.41 Å². The molecule has 0 aromatic heterocycles. The summed E-state index contributed by atoms with van der Waals surface area (Å²) in [6.07, 6.45) is 0.0496. The normalized spacial score (nSPS) is 10.4. The molecule has 0 radical (unpaired) electrons. The maximum absolute atomic E-state index is 11.1. The summed E-state index contributed by atoms with van der Waals surface area (Å²) in [5.74, 6) is -1.22. The summed E-state index contributed by atoms with van der Waals surface area (Å²) >= 11 is 0. The highest BCUT2D eigenvalue weighted by molar-refractivity contribution is 5.78. The largest absolute Gasteiger partial charge is 0.481 e. The molecule has 5 heteroatoms. The number of rotatable bonds is 5. The van der Waals surface area contributed by atoms with Crippen LogP contribution in [0.3, 0.4) is 0 Å². The predicted molar refractivity (Wildman–Crippen MR) is 49.3 cm³/mol. The molecule has 0 atom stereocenters. The molecular formula is C9H14N2O3. The summed E-state index contributed by atoms with van der Waals surface area (Å²) in [7, 11) is 0. The lowest BCUT2D eigenvalue weighted by molar-refractivity contribution is -0.139. The van der Waals surface area contributed by atoms with Gasteiger partial charge in [-0.05, 0) is 5.41 Å². The van der Waals surface area contributed by atoms with Crippen molar-refractivity contribution in [1.29, 1.82) is 5.26 Å². The molecule has 14 heavy (non-hydrogen) atoms. The quantitative estimate of drug-likeness (QED) is 0.630. The molecule has 2 N–H and O–H groups in total. The van der Waals surface area contributed by atoms with E-state index < -0.39 is 11.4 Å². The highest BCUT2D eigenvalue weighted by atomic mass is 16.4. The molecule has 0 aliphatic heterocycles. The zero-order valence-corrected chi connectivity index (χ0v) is 8.33. The van der Waals surface area contributed by atoms with Crippen LogP contribution < -0.4 is 5.32 Å². The van der Waals surface area contributed by atoms with E-state index in [1.54, 1.807) is 19.9 Å². The number of aliphatic carboxylic acids is 1. The van der Waals surface area contributed by atoms with Gasteiger partial charge in [-0.25, -0.2) is 0 Å². The molecule has 0 spiro atoms. The van der Waals surface area contributed by atoms with Crippen LogP contribution in [0.2, 0.25) is 0 Å². The molecule has 0 aromatic carbocycles. The minimum atomic E-state index is -0.928. The fourth-order valence-corrected chi connectivity index (χ4v) is 1.11. The van der Waals surface area contributed by atoms with Crippen LogP contribution in [0.1, 0.15) is 26.7 Å². The first-order valence-corrected chi connectivity index (χ1v) is 4.23. The number of hydrogen-bond acceptors (Lipinski definition) is 3. The molecular weight excluding hydrogens is 184 g/mol. The van der Waals surface area contributed by atoms with Crippen molar-refractivity contribution >= 4 is 11.9 Å². The molecule has 0 aromatic rings. The Balaban J connectivity index is 4.02. The Morgan fingerprint density at radius 3 is 2.43 bits per heavy atom. The number of carboxylic acids is 1. The molecule has 0 heterocycles. The van der Waals surface area contributed by atoms with Crippen molar-refractivity contribution < 1.29 is 14.7 Å². The Kier molecular flexibility index (Phi) is 4.64. The maximum atomic E-state index is 11.1. The van der Waals surface area contributed by atoms with E-state index in [0.29, 0.717) is 0 Å². The number of nitriles is 1. The van der Waals surface area contributed by atoms with Gasteiger partial charge in [-0.3, -0.25) is 9.59 Å². The Morgan fingerprint density at radius 2 is 2.00 bits per heavy atom. The number of carbonyl (C=O) groups is 2. The van der Waals surface area contributed by atoms with Crippen LogP contribution in [0.4, 0.5) is 0 Å². The number of nitrogens with one attached hydrogen (secondary N) is 1. The van der Waals surface area contributed by atoms with Gasteiger partial charge in [0.1, 0.15) is 6.54 Å². The van der Waals surface area contributed by atoms with Crippen LogP contribution in [0.25, 0.3) is 0 Å². The lowest BCUT2D eigenvalue weighted by atomic mass is 9.85. The third-order valence-corrected chi connectivity index (χ3v) is 1.63. The molecule has 0 unspecified atom stereocenters. The Hall–Kier alpha value is -1.57. The van der Waals surface area contributed by atoms with Crippen LogP contribution in [0, 0.1) is 16.7 Å². The number of carbonyl (C=O) groups excluding carboxylic acids is 1. The molecule has 78 valence electrons. The fraction of sp³-hybridized carbons (Fsp3) is 0.667. The highest BCUT2D eigenvalue weighted by Crippen LogP contribution is 2.24. The van der Waals surface area contributed by atoms with Crippen molar-refractivity contribution in [2.45, 2.75) is 26.7 Å². The topological polar surface area (TPSA) is 90.2 Å². The lowest BCUT2D eigenvalue weighted by Gasteiger charge is -2.20. The van der Waals surface area contributed by atoms with E-state index in [1.165, 1.54) is 0 Å². The van der Waals surface area contributed by atoms with Crippen LogP contribution in [0.15, 0.2) is 0 Å². The second-order valence-corrected chi connectivity index (χ2v) is 3.85. The lowest BCUT2D eigenvalue weighted by Crippen LogP contribution is -2.30. The molecule has 0 aliphatic carbocycles. The molecule has 0 saturated carbocycles. The molecule has 5 nitrogen and oxygen atoms in total. The van der Waals surface area contributed by atoms with Crippen LogP contribution >= 0.6 is 0 Å². The number of hydrogen-bond donors (Lipinski definition) is 2. The van der Waals surface area contributed by atoms with E-state index >= 15 is 0 Å². The Morgan fingerprint density at radius 1 is 1.43 bits per heavy atom. The van der Waals surface area contributed by atoms with Gasteiger partial charge in [0.2, 0.25) is 5.91 Å². The van der Waals surface area contributed by atoms with E-state index in [0.717, 1.165) is 0 Å². The zero-order chi connectivity index (χ0) is 11.2. The van der Waals surface area contributed by atoms with Gasteiger partial charge >= 0.3 is 5.97 Å². The summed E-state index contributed by atoms with van der Waals surface area (Å²) in [5.41, 5.74) is -0.578. The third kappa shape index (κ3) is 6.00. The van der Waals surface area contributed by atoms with Gasteiger partial charge in [0.15, 0.2) is 0 Å². The number of nitrogens with zero attached hydrogens (tertiary/aromatic N) is 1. The summed E-state index contributed by atoms with van der Waals surface area (Å²) < 4.78 is 0. The first-order valence-electron chi connectivity index (χ1n) is 4.23. The SMILES string of the molecule is CC(C)(CC(=O)O)CC(=O)NCC#N. The van der Waals surface area contributed by atoms with Crippen LogP contribution in [0.5, 0.6) is 0 Å². The van der Waals surface area contributed by atoms with E-state index in [2.05, 4.69) is 5.32 Å². The van der Waals surface area contributed by atoms with E-state index in [9.17, 15) is 9.59 Å². The molecule has 1 amide bonds. The average molecular weight is 198 g/mol. The first kappa shape index (κ1) is 12.4. The molecule has 0 saturated heterocycles. The van der Waals surface area contributed by atoms with Crippen LogP contribution in [-0.4, -0.2) is 23.5 Å². The minimum Gasteiger partial charge on any atom is -0.481 e. The molecule has 0 aliphatic rings. The number of carboxylic acid groups (broad SMARTS) is 1. The zero-order valence-electron chi connectivity index (χ0n) is 8.33. The monoisotopic (exact) mass is 198 g/mol. The van der Waals surface area contributed by atoms with Crippen molar-refractivity contribution in [2.75, 3.05) is 6.54 Å². The van der Waals surface area contributed by atoms with Gasteiger partial charge in [-0.2, -0.15) is 5.26 Å². The molecule has 0 fully saturated rings.